The average Bonchev–Trinajstić information content (AvgIpc) is 2.19. The summed E-state index contributed by atoms with van der Waals surface area (Å²) in [5.41, 5.74) is 0.920. The van der Waals surface area contributed by atoms with E-state index >= 15 is 0 Å². The quantitative estimate of drug-likeness (QED) is 0.635. The zero-order valence-electron chi connectivity index (χ0n) is 7.69. The van der Waals surface area contributed by atoms with E-state index in [1.807, 2.05) is 6.92 Å². The Labute approximate surface area is 77.2 Å². The standard InChI is InChI=1S/C8H13N5/c1-7-6-10-12-8(11-7)13-4-2-9-3-5-13/h6,9H,2-5H2,1H3. The van der Waals surface area contributed by atoms with Crippen molar-refractivity contribution in [2.45, 2.75) is 6.92 Å². The molecule has 1 fully saturated rings. The molecule has 1 aromatic heterocycles. The van der Waals surface area contributed by atoms with Crippen LogP contribution < -0.4 is 10.2 Å². The number of nitrogens with one attached hydrogen (secondary N) is 1. The lowest BCUT2D eigenvalue weighted by molar-refractivity contribution is 0.576. The van der Waals surface area contributed by atoms with Crippen molar-refractivity contribution in [3.8, 4) is 0 Å². The van der Waals surface area contributed by atoms with E-state index in [1.165, 1.54) is 0 Å². The first-order valence-electron chi connectivity index (χ1n) is 4.48. The van der Waals surface area contributed by atoms with Gasteiger partial charge < -0.3 is 10.2 Å². The van der Waals surface area contributed by atoms with Gasteiger partial charge in [0.05, 0.1) is 11.9 Å². The third-order valence-corrected chi connectivity index (χ3v) is 2.07. The molecule has 2 heterocycles. The van der Waals surface area contributed by atoms with Gasteiger partial charge in [-0.15, -0.1) is 5.10 Å². The molecule has 1 aliphatic rings. The van der Waals surface area contributed by atoms with E-state index in [0.717, 1.165) is 37.8 Å². The van der Waals surface area contributed by atoms with Crippen LogP contribution in [0.4, 0.5) is 5.95 Å². The lowest BCUT2D eigenvalue weighted by Gasteiger charge is -2.26. The van der Waals surface area contributed by atoms with Gasteiger partial charge in [0, 0.05) is 26.2 Å². The lowest BCUT2D eigenvalue weighted by Crippen LogP contribution is -2.44. The molecule has 0 amide bonds. The van der Waals surface area contributed by atoms with E-state index in [1.54, 1.807) is 6.20 Å². The molecular formula is C8H13N5. The molecule has 5 nitrogen and oxygen atoms in total. The van der Waals surface area contributed by atoms with Gasteiger partial charge in [-0.05, 0) is 6.92 Å². The highest BCUT2D eigenvalue weighted by molar-refractivity contribution is 5.29. The normalized spacial score (nSPS) is 17.5. The van der Waals surface area contributed by atoms with Gasteiger partial charge >= 0.3 is 0 Å². The zero-order chi connectivity index (χ0) is 9.10. The molecule has 5 heteroatoms. The Morgan fingerprint density at radius 1 is 1.38 bits per heavy atom. The van der Waals surface area contributed by atoms with Gasteiger partial charge in [-0.3, -0.25) is 0 Å². The van der Waals surface area contributed by atoms with Gasteiger partial charge in [0.2, 0.25) is 5.95 Å². The number of hydrogen-bond donors (Lipinski definition) is 1. The summed E-state index contributed by atoms with van der Waals surface area (Å²) < 4.78 is 0. The SMILES string of the molecule is Cc1cnnc(N2CCNCC2)n1. The van der Waals surface area contributed by atoms with E-state index < -0.39 is 0 Å². The summed E-state index contributed by atoms with van der Waals surface area (Å²) in [5.74, 6) is 0.751. The number of nitrogens with zero attached hydrogens (tertiary/aromatic N) is 4. The molecule has 1 aliphatic heterocycles. The molecule has 1 aromatic rings. The molecule has 1 saturated heterocycles. The minimum absolute atomic E-state index is 0.751. The summed E-state index contributed by atoms with van der Waals surface area (Å²) >= 11 is 0. The van der Waals surface area contributed by atoms with Crippen molar-refractivity contribution in [2.75, 3.05) is 31.1 Å². The third kappa shape index (κ3) is 1.92. The van der Waals surface area contributed by atoms with E-state index in [4.69, 9.17) is 0 Å². The van der Waals surface area contributed by atoms with E-state index in [9.17, 15) is 0 Å². The van der Waals surface area contributed by atoms with Crippen molar-refractivity contribution in [3.05, 3.63) is 11.9 Å². The highest BCUT2D eigenvalue weighted by atomic mass is 15.3. The summed E-state index contributed by atoms with van der Waals surface area (Å²) in [6, 6.07) is 0. The van der Waals surface area contributed by atoms with Gasteiger partial charge in [-0.1, -0.05) is 0 Å². The molecule has 0 bridgehead atoms. The number of aryl methyl sites for hydroxylation is 1. The molecule has 1 N–H and O–H groups in total. The Hall–Kier alpha value is -1.23. The monoisotopic (exact) mass is 179 g/mol. The first-order chi connectivity index (χ1) is 6.36. The number of piperazine rings is 1. The van der Waals surface area contributed by atoms with Crippen LogP contribution in [0.25, 0.3) is 0 Å². The van der Waals surface area contributed by atoms with Gasteiger partial charge in [-0.25, -0.2) is 4.98 Å². The predicted molar refractivity (Wildman–Crippen MR) is 49.6 cm³/mol. The maximum absolute atomic E-state index is 4.32. The van der Waals surface area contributed by atoms with Gasteiger partial charge in [0.1, 0.15) is 0 Å². The molecule has 0 aromatic carbocycles. The first-order valence-corrected chi connectivity index (χ1v) is 4.48. The Balaban J connectivity index is 2.14. The summed E-state index contributed by atoms with van der Waals surface area (Å²) in [6.45, 7) is 5.85. The Morgan fingerprint density at radius 2 is 2.15 bits per heavy atom. The minimum Gasteiger partial charge on any atom is -0.337 e. The summed E-state index contributed by atoms with van der Waals surface area (Å²) in [4.78, 5) is 6.47. The molecule has 70 valence electrons. The van der Waals surface area contributed by atoms with Crippen LogP contribution in [0, 0.1) is 6.92 Å². The highest BCUT2D eigenvalue weighted by Gasteiger charge is 2.12. The number of aromatic nitrogens is 3. The van der Waals surface area contributed by atoms with Gasteiger partial charge in [0.15, 0.2) is 0 Å². The fourth-order valence-corrected chi connectivity index (χ4v) is 1.37. The molecule has 2 rings (SSSR count). The smallest absolute Gasteiger partial charge is 0.245 e. The Bertz CT molecular complexity index is 282. The molecule has 0 aliphatic carbocycles. The second-order valence-corrected chi connectivity index (χ2v) is 3.13. The molecule has 0 unspecified atom stereocenters. The van der Waals surface area contributed by atoms with Crippen LogP contribution in [-0.2, 0) is 0 Å². The Morgan fingerprint density at radius 3 is 2.85 bits per heavy atom. The van der Waals surface area contributed by atoms with Gasteiger partial charge in [0.25, 0.3) is 0 Å². The van der Waals surface area contributed by atoms with Crippen LogP contribution in [0.5, 0.6) is 0 Å². The molecule has 0 atom stereocenters. The van der Waals surface area contributed by atoms with Crippen molar-refractivity contribution in [1.82, 2.24) is 20.5 Å². The Kier molecular flexibility index (Phi) is 2.35. The molecule has 0 radical (unpaired) electrons. The summed E-state index contributed by atoms with van der Waals surface area (Å²) in [7, 11) is 0. The summed E-state index contributed by atoms with van der Waals surface area (Å²) in [6.07, 6.45) is 1.67. The van der Waals surface area contributed by atoms with Crippen LogP contribution in [-0.4, -0.2) is 41.4 Å². The van der Waals surface area contributed by atoms with Crippen LogP contribution in [0.15, 0.2) is 6.20 Å². The highest BCUT2D eigenvalue weighted by Crippen LogP contribution is 2.05. The van der Waals surface area contributed by atoms with E-state index in [-0.39, 0.29) is 0 Å². The number of rotatable bonds is 1. The lowest BCUT2D eigenvalue weighted by atomic mass is 10.4. The fraction of sp³-hybridized carbons (Fsp3) is 0.625. The second kappa shape index (κ2) is 3.66. The first kappa shape index (κ1) is 8.37. The van der Waals surface area contributed by atoms with E-state index in [2.05, 4.69) is 25.4 Å². The average molecular weight is 179 g/mol. The van der Waals surface area contributed by atoms with Crippen LogP contribution in [0.1, 0.15) is 5.69 Å². The predicted octanol–water partition coefficient (Wildman–Crippen LogP) is -0.410. The summed E-state index contributed by atoms with van der Waals surface area (Å²) in [5, 5.41) is 11.2. The van der Waals surface area contributed by atoms with E-state index in [0.29, 0.717) is 0 Å². The third-order valence-electron chi connectivity index (χ3n) is 2.07. The topological polar surface area (TPSA) is 53.9 Å². The zero-order valence-corrected chi connectivity index (χ0v) is 7.69. The van der Waals surface area contributed by atoms with Crippen molar-refractivity contribution >= 4 is 5.95 Å². The van der Waals surface area contributed by atoms with Crippen molar-refractivity contribution in [3.63, 3.8) is 0 Å². The van der Waals surface area contributed by atoms with Crippen molar-refractivity contribution in [1.29, 1.82) is 0 Å². The number of hydrogen-bond acceptors (Lipinski definition) is 5. The molecule has 13 heavy (non-hydrogen) atoms. The fourth-order valence-electron chi connectivity index (χ4n) is 1.37. The second-order valence-electron chi connectivity index (χ2n) is 3.13. The van der Waals surface area contributed by atoms with Crippen molar-refractivity contribution in [2.24, 2.45) is 0 Å². The molecule has 0 spiro atoms. The minimum atomic E-state index is 0.751. The maximum Gasteiger partial charge on any atom is 0.245 e. The molecule has 0 saturated carbocycles. The van der Waals surface area contributed by atoms with Crippen LogP contribution in [0.2, 0.25) is 0 Å². The molecular weight excluding hydrogens is 166 g/mol. The maximum atomic E-state index is 4.32. The van der Waals surface area contributed by atoms with Gasteiger partial charge in [-0.2, -0.15) is 5.10 Å². The number of anilines is 1. The van der Waals surface area contributed by atoms with Crippen LogP contribution >= 0.6 is 0 Å². The van der Waals surface area contributed by atoms with Crippen LogP contribution in [0.3, 0.4) is 0 Å². The van der Waals surface area contributed by atoms with Crippen molar-refractivity contribution < 1.29 is 0 Å². The largest absolute Gasteiger partial charge is 0.337 e.